The van der Waals surface area contributed by atoms with E-state index >= 15 is 0 Å². The fourth-order valence-electron chi connectivity index (χ4n) is 5.12. The monoisotopic (exact) mass is 309 g/mol. The molecular formula is C18H35N3O. The third-order valence-corrected chi connectivity index (χ3v) is 6.19. The highest BCUT2D eigenvalue weighted by atomic mass is 16.5. The topological polar surface area (TPSA) is 36.5 Å². The molecule has 3 rings (SSSR count). The van der Waals surface area contributed by atoms with Crippen LogP contribution in [0.25, 0.3) is 0 Å². The van der Waals surface area contributed by atoms with Gasteiger partial charge in [-0.1, -0.05) is 32.1 Å². The molecule has 2 atom stereocenters. The van der Waals surface area contributed by atoms with Gasteiger partial charge in [0, 0.05) is 33.3 Å². The lowest BCUT2D eigenvalue weighted by molar-refractivity contribution is -0.133. The summed E-state index contributed by atoms with van der Waals surface area (Å²) in [5.74, 6) is 0.746. The van der Waals surface area contributed by atoms with E-state index in [1.165, 1.54) is 57.8 Å². The Labute approximate surface area is 136 Å². The molecule has 0 bridgehead atoms. The van der Waals surface area contributed by atoms with E-state index in [0.717, 1.165) is 38.6 Å². The Balaban J connectivity index is 1.85. The number of piperidine rings is 1. The van der Waals surface area contributed by atoms with Crippen LogP contribution in [0.15, 0.2) is 0 Å². The minimum Gasteiger partial charge on any atom is -0.378 e. The normalized spacial score (nSPS) is 36.7. The number of hydrogen-bond acceptors (Lipinski definition) is 4. The molecule has 0 aromatic carbocycles. The molecule has 2 aliphatic heterocycles. The Kier molecular flexibility index (Phi) is 6.14. The van der Waals surface area contributed by atoms with Crippen LogP contribution < -0.4 is 10.6 Å². The van der Waals surface area contributed by atoms with E-state index in [1.54, 1.807) is 0 Å². The Hall–Kier alpha value is -0.160. The first-order valence-electron chi connectivity index (χ1n) is 9.61. The molecule has 1 aliphatic carbocycles. The molecule has 2 saturated heterocycles. The van der Waals surface area contributed by atoms with E-state index < -0.39 is 0 Å². The van der Waals surface area contributed by atoms with Gasteiger partial charge in [0.2, 0.25) is 0 Å². The molecule has 0 spiro atoms. The molecule has 4 heteroatoms. The number of ether oxygens (including phenoxy) is 1. The zero-order valence-electron chi connectivity index (χ0n) is 14.4. The van der Waals surface area contributed by atoms with Crippen molar-refractivity contribution in [1.29, 1.82) is 0 Å². The van der Waals surface area contributed by atoms with Crippen LogP contribution in [0.1, 0.15) is 57.8 Å². The van der Waals surface area contributed by atoms with E-state index in [1.807, 2.05) is 7.11 Å². The summed E-state index contributed by atoms with van der Waals surface area (Å²) >= 11 is 0. The van der Waals surface area contributed by atoms with Crippen LogP contribution in [0.3, 0.4) is 0 Å². The molecule has 0 aromatic heterocycles. The van der Waals surface area contributed by atoms with Gasteiger partial charge in [0.05, 0.1) is 6.10 Å². The smallest absolute Gasteiger partial charge is 0.101 e. The van der Waals surface area contributed by atoms with Crippen LogP contribution in [0.5, 0.6) is 0 Å². The van der Waals surface area contributed by atoms with Gasteiger partial charge in [0.25, 0.3) is 0 Å². The van der Waals surface area contributed by atoms with Gasteiger partial charge in [-0.2, -0.15) is 0 Å². The van der Waals surface area contributed by atoms with Gasteiger partial charge in [-0.15, -0.1) is 0 Å². The summed E-state index contributed by atoms with van der Waals surface area (Å²) in [5.41, 5.74) is 0.0897. The van der Waals surface area contributed by atoms with Crippen LogP contribution >= 0.6 is 0 Å². The Morgan fingerprint density at radius 3 is 2.23 bits per heavy atom. The van der Waals surface area contributed by atoms with Gasteiger partial charge in [-0.25, -0.2) is 0 Å². The van der Waals surface area contributed by atoms with Crippen molar-refractivity contribution in [3.05, 3.63) is 0 Å². The summed E-state index contributed by atoms with van der Waals surface area (Å²) in [6, 6.07) is 0. The van der Waals surface area contributed by atoms with E-state index in [2.05, 4.69) is 15.5 Å². The fraction of sp³-hybridized carbons (Fsp3) is 1.00. The van der Waals surface area contributed by atoms with Crippen molar-refractivity contribution in [3.63, 3.8) is 0 Å². The molecule has 2 heterocycles. The summed E-state index contributed by atoms with van der Waals surface area (Å²) in [6.07, 6.45) is 12.6. The average Bonchev–Trinajstić information content (AvgIpc) is 2.55. The molecule has 0 amide bonds. The second-order valence-corrected chi connectivity index (χ2v) is 7.40. The number of methoxy groups -OCH3 is 1. The van der Waals surface area contributed by atoms with Gasteiger partial charge in [-0.05, 0) is 38.1 Å². The molecule has 128 valence electrons. The van der Waals surface area contributed by atoms with Crippen molar-refractivity contribution >= 4 is 0 Å². The molecule has 22 heavy (non-hydrogen) atoms. The van der Waals surface area contributed by atoms with Gasteiger partial charge < -0.3 is 10.1 Å². The number of piperazine rings is 1. The quantitative estimate of drug-likeness (QED) is 0.839. The highest BCUT2D eigenvalue weighted by Crippen LogP contribution is 2.40. The van der Waals surface area contributed by atoms with E-state index in [0.29, 0.717) is 6.10 Å². The van der Waals surface area contributed by atoms with Crippen LogP contribution in [0, 0.1) is 5.92 Å². The molecule has 3 aliphatic rings. The lowest BCUT2D eigenvalue weighted by Crippen LogP contribution is -2.74. The number of hydrogen-bond donors (Lipinski definition) is 2. The summed E-state index contributed by atoms with van der Waals surface area (Å²) in [5, 5.41) is 7.51. The maximum Gasteiger partial charge on any atom is 0.101 e. The van der Waals surface area contributed by atoms with Crippen LogP contribution in [-0.4, -0.2) is 56.5 Å². The standard InChI is InChI=1S/C18H35N3O/c1-22-17-10-7-11-20-18(17,21-14-12-19-13-15-21)16-8-5-3-2-4-6-9-16/h16-17,19-20H,2-15H2,1H3. The third kappa shape index (κ3) is 3.35. The molecule has 1 saturated carbocycles. The maximum atomic E-state index is 6.06. The second-order valence-electron chi connectivity index (χ2n) is 7.40. The molecule has 0 aromatic rings. The molecule has 2 N–H and O–H groups in total. The van der Waals surface area contributed by atoms with Crippen LogP contribution in [0.4, 0.5) is 0 Å². The number of nitrogens with zero attached hydrogens (tertiary/aromatic N) is 1. The summed E-state index contributed by atoms with van der Waals surface area (Å²) in [4.78, 5) is 2.74. The van der Waals surface area contributed by atoms with Gasteiger partial charge in [-0.3, -0.25) is 10.2 Å². The van der Waals surface area contributed by atoms with Crippen molar-refractivity contribution in [2.45, 2.75) is 69.6 Å². The predicted molar refractivity (Wildman–Crippen MR) is 91.0 cm³/mol. The van der Waals surface area contributed by atoms with Crippen molar-refractivity contribution in [1.82, 2.24) is 15.5 Å². The lowest BCUT2D eigenvalue weighted by Gasteiger charge is -2.56. The van der Waals surface area contributed by atoms with E-state index in [9.17, 15) is 0 Å². The van der Waals surface area contributed by atoms with Crippen molar-refractivity contribution in [3.8, 4) is 0 Å². The predicted octanol–water partition coefficient (Wildman–Crippen LogP) is 2.35. The highest BCUT2D eigenvalue weighted by molar-refractivity contribution is 5.04. The minimum atomic E-state index is 0.0897. The van der Waals surface area contributed by atoms with Gasteiger partial charge >= 0.3 is 0 Å². The first-order valence-corrected chi connectivity index (χ1v) is 9.61. The molecule has 3 fully saturated rings. The van der Waals surface area contributed by atoms with Gasteiger partial charge in [0.1, 0.15) is 5.66 Å². The maximum absolute atomic E-state index is 6.06. The van der Waals surface area contributed by atoms with Crippen LogP contribution in [-0.2, 0) is 4.74 Å². The van der Waals surface area contributed by atoms with E-state index in [4.69, 9.17) is 4.74 Å². The summed E-state index contributed by atoms with van der Waals surface area (Å²) in [7, 11) is 1.93. The summed E-state index contributed by atoms with van der Waals surface area (Å²) in [6.45, 7) is 5.70. The Morgan fingerprint density at radius 1 is 0.864 bits per heavy atom. The average molecular weight is 309 g/mol. The first kappa shape index (κ1) is 16.7. The zero-order chi connectivity index (χ0) is 15.3. The largest absolute Gasteiger partial charge is 0.378 e. The first-order chi connectivity index (χ1) is 10.9. The van der Waals surface area contributed by atoms with Crippen LogP contribution in [0.2, 0.25) is 0 Å². The van der Waals surface area contributed by atoms with Crippen molar-refractivity contribution < 1.29 is 4.74 Å². The Morgan fingerprint density at radius 2 is 1.55 bits per heavy atom. The number of rotatable bonds is 3. The second kappa shape index (κ2) is 8.09. The minimum absolute atomic E-state index is 0.0897. The van der Waals surface area contributed by atoms with Crippen molar-refractivity contribution in [2.24, 2.45) is 5.92 Å². The zero-order valence-corrected chi connectivity index (χ0v) is 14.4. The molecule has 4 nitrogen and oxygen atoms in total. The molecular weight excluding hydrogens is 274 g/mol. The fourth-order valence-corrected chi connectivity index (χ4v) is 5.12. The lowest BCUT2D eigenvalue weighted by atomic mass is 9.74. The highest BCUT2D eigenvalue weighted by Gasteiger charge is 2.50. The molecule has 0 radical (unpaired) electrons. The van der Waals surface area contributed by atoms with Gasteiger partial charge in [0.15, 0.2) is 0 Å². The molecule has 2 unspecified atom stereocenters. The van der Waals surface area contributed by atoms with Crippen molar-refractivity contribution in [2.75, 3.05) is 39.8 Å². The van der Waals surface area contributed by atoms with E-state index in [-0.39, 0.29) is 5.66 Å². The third-order valence-electron chi connectivity index (χ3n) is 6.19. The Bertz CT molecular complexity index is 324. The summed E-state index contributed by atoms with van der Waals surface area (Å²) < 4.78 is 6.06. The SMILES string of the molecule is COC1CCCNC1(C1CCCCCCC1)N1CCNCC1. The number of nitrogens with one attached hydrogen (secondary N) is 2.